The van der Waals surface area contributed by atoms with Crippen molar-refractivity contribution in [3.63, 3.8) is 0 Å². The first kappa shape index (κ1) is 23.7. The molecule has 3 aromatic carbocycles. The van der Waals surface area contributed by atoms with E-state index in [9.17, 15) is 31.1 Å². The molecule has 0 saturated heterocycles. The van der Waals surface area contributed by atoms with Gasteiger partial charge in [-0.1, -0.05) is 36.4 Å². The van der Waals surface area contributed by atoms with Crippen molar-refractivity contribution < 1.29 is 41.0 Å². The standard InChI is InChI=1S/C22H16F6O3S/c23-21(24,25)20(30,22(26,27)28)19(29)31-15-11-13-18(14-12-15)32(16-7-3-1-4-8-16)17-9-5-2-6-10-17/h1-14,30,32H. The van der Waals surface area contributed by atoms with E-state index in [1.807, 2.05) is 60.7 Å². The van der Waals surface area contributed by atoms with Gasteiger partial charge in [-0.25, -0.2) is 4.79 Å². The van der Waals surface area contributed by atoms with Gasteiger partial charge >= 0.3 is 23.9 Å². The maximum atomic E-state index is 12.8. The molecule has 32 heavy (non-hydrogen) atoms. The van der Waals surface area contributed by atoms with Crippen LogP contribution in [-0.4, -0.2) is 29.0 Å². The van der Waals surface area contributed by atoms with E-state index >= 15 is 0 Å². The van der Waals surface area contributed by atoms with Gasteiger partial charge in [-0.05, 0) is 63.2 Å². The van der Waals surface area contributed by atoms with Gasteiger partial charge in [0.2, 0.25) is 0 Å². The van der Waals surface area contributed by atoms with Crippen molar-refractivity contribution in [1.29, 1.82) is 0 Å². The number of hydrogen-bond acceptors (Lipinski definition) is 3. The van der Waals surface area contributed by atoms with Crippen LogP contribution in [0.25, 0.3) is 0 Å². The Labute approximate surface area is 181 Å². The zero-order valence-corrected chi connectivity index (χ0v) is 17.0. The van der Waals surface area contributed by atoms with Crippen LogP contribution in [0.15, 0.2) is 99.6 Å². The molecule has 0 radical (unpaired) electrons. The topological polar surface area (TPSA) is 46.5 Å². The smallest absolute Gasteiger partial charge is 0.424 e. The summed E-state index contributed by atoms with van der Waals surface area (Å²) in [7, 11) is -1.09. The highest BCUT2D eigenvalue weighted by Gasteiger charge is 2.76. The van der Waals surface area contributed by atoms with Crippen LogP contribution in [0.4, 0.5) is 26.3 Å². The Morgan fingerprint density at radius 1 is 0.656 bits per heavy atom. The van der Waals surface area contributed by atoms with Gasteiger partial charge in [0.1, 0.15) is 5.75 Å². The molecule has 0 fully saturated rings. The maximum Gasteiger partial charge on any atom is 0.437 e. The van der Waals surface area contributed by atoms with E-state index in [1.54, 1.807) is 0 Å². The van der Waals surface area contributed by atoms with Crippen molar-refractivity contribution in [1.82, 2.24) is 0 Å². The van der Waals surface area contributed by atoms with E-state index < -0.39 is 40.6 Å². The summed E-state index contributed by atoms with van der Waals surface area (Å²) in [5.41, 5.74) is -5.64. The Hall–Kier alpha value is -2.98. The predicted octanol–water partition coefficient (Wildman–Crippen LogP) is 5.93. The second-order valence-corrected chi connectivity index (χ2v) is 8.82. The van der Waals surface area contributed by atoms with E-state index in [0.29, 0.717) is 0 Å². The second-order valence-electron chi connectivity index (χ2n) is 6.60. The molecule has 1 N–H and O–H groups in total. The molecule has 0 atom stereocenters. The number of rotatable bonds is 5. The average Bonchev–Trinajstić information content (AvgIpc) is 2.74. The molecule has 3 nitrogen and oxygen atoms in total. The lowest BCUT2D eigenvalue weighted by Crippen LogP contribution is -2.63. The summed E-state index contributed by atoms with van der Waals surface area (Å²) in [5.74, 6) is -3.44. The first-order valence-corrected chi connectivity index (χ1v) is 10.4. The quantitative estimate of drug-likeness (QED) is 0.209. The zero-order chi connectivity index (χ0) is 23.6. The van der Waals surface area contributed by atoms with Gasteiger partial charge < -0.3 is 9.84 Å². The third kappa shape index (κ3) is 4.61. The fraction of sp³-hybridized carbons (Fsp3) is 0.136. The Balaban J connectivity index is 1.92. The van der Waals surface area contributed by atoms with Crippen LogP contribution in [0.2, 0.25) is 0 Å². The van der Waals surface area contributed by atoms with Crippen molar-refractivity contribution >= 4 is 16.9 Å². The minimum absolute atomic E-state index is 0.568. The van der Waals surface area contributed by atoms with Crippen LogP contribution in [0, 0.1) is 0 Å². The molecule has 0 unspecified atom stereocenters. The highest BCUT2D eigenvalue weighted by molar-refractivity contribution is 8.17. The molecule has 0 saturated carbocycles. The van der Waals surface area contributed by atoms with Gasteiger partial charge in [0.15, 0.2) is 0 Å². The fourth-order valence-electron chi connectivity index (χ4n) is 2.84. The van der Waals surface area contributed by atoms with Crippen LogP contribution in [0.1, 0.15) is 0 Å². The Bertz CT molecular complexity index is 998. The van der Waals surface area contributed by atoms with Gasteiger partial charge in [-0.15, -0.1) is 0 Å². The van der Waals surface area contributed by atoms with E-state index in [1.165, 1.54) is 12.1 Å². The van der Waals surface area contributed by atoms with Crippen molar-refractivity contribution in [2.75, 3.05) is 0 Å². The molecule has 0 amide bonds. The summed E-state index contributed by atoms with van der Waals surface area (Å²) in [4.78, 5) is 14.3. The summed E-state index contributed by atoms with van der Waals surface area (Å²) in [6, 6.07) is 23.7. The van der Waals surface area contributed by atoms with Gasteiger partial charge in [-0.2, -0.15) is 37.2 Å². The summed E-state index contributed by atoms with van der Waals surface area (Å²) < 4.78 is 81.2. The lowest BCUT2D eigenvalue weighted by atomic mass is 10.0. The normalized spacial score (nSPS) is 12.9. The second kappa shape index (κ2) is 8.87. The van der Waals surface area contributed by atoms with Crippen LogP contribution in [0.3, 0.4) is 0 Å². The lowest BCUT2D eigenvalue weighted by molar-refractivity contribution is -0.354. The molecule has 10 heteroatoms. The Kier molecular flexibility index (Phi) is 6.56. The molecule has 170 valence electrons. The molecule has 0 spiro atoms. The van der Waals surface area contributed by atoms with Crippen LogP contribution >= 0.6 is 10.9 Å². The maximum absolute atomic E-state index is 12.8. The SMILES string of the molecule is O=C(Oc1ccc([SH](c2ccccc2)c2ccccc2)cc1)C(O)(C(F)(F)F)C(F)(F)F. The van der Waals surface area contributed by atoms with Gasteiger partial charge in [0.05, 0.1) is 0 Å². The Morgan fingerprint density at radius 2 is 1.03 bits per heavy atom. The summed E-state index contributed by atoms with van der Waals surface area (Å²) >= 11 is 0. The molecular weight excluding hydrogens is 458 g/mol. The number of aliphatic hydroxyl groups is 1. The van der Waals surface area contributed by atoms with Crippen molar-refractivity contribution in [3.8, 4) is 5.75 Å². The van der Waals surface area contributed by atoms with Crippen LogP contribution in [-0.2, 0) is 4.79 Å². The number of alkyl halides is 6. The minimum atomic E-state index is -6.31. The van der Waals surface area contributed by atoms with Gasteiger partial charge in [-0.3, -0.25) is 0 Å². The highest BCUT2D eigenvalue weighted by atomic mass is 32.2. The minimum Gasteiger partial charge on any atom is -0.424 e. The number of carbonyl (C=O) groups is 1. The van der Waals surface area contributed by atoms with E-state index in [2.05, 4.69) is 4.74 Å². The Morgan fingerprint density at radius 3 is 1.41 bits per heavy atom. The lowest BCUT2D eigenvalue weighted by Gasteiger charge is -2.29. The molecule has 0 heterocycles. The number of hydrogen-bond donors (Lipinski definition) is 2. The summed E-state index contributed by atoms with van der Waals surface area (Å²) in [6.07, 6.45) is -12.6. The largest absolute Gasteiger partial charge is 0.437 e. The van der Waals surface area contributed by atoms with E-state index in [4.69, 9.17) is 5.11 Å². The van der Waals surface area contributed by atoms with E-state index in [0.717, 1.165) is 26.8 Å². The third-order valence-corrected chi connectivity index (χ3v) is 6.89. The number of thiol groups is 1. The predicted molar refractivity (Wildman–Crippen MR) is 106 cm³/mol. The number of esters is 1. The highest BCUT2D eigenvalue weighted by Crippen LogP contribution is 2.51. The van der Waals surface area contributed by atoms with Crippen molar-refractivity contribution in [3.05, 3.63) is 84.9 Å². The van der Waals surface area contributed by atoms with Crippen molar-refractivity contribution in [2.45, 2.75) is 32.6 Å². The first-order chi connectivity index (χ1) is 14.9. The van der Waals surface area contributed by atoms with Crippen LogP contribution in [0.5, 0.6) is 5.75 Å². The third-order valence-electron chi connectivity index (χ3n) is 4.45. The van der Waals surface area contributed by atoms with Crippen molar-refractivity contribution in [2.24, 2.45) is 0 Å². The van der Waals surface area contributed by atoms with Crippen LogP contribution < -0.4 is 4.74 Å². The molecular formula is C22H16F6O3S. The molecule has 0 aliphatic heterocycles. The molecule has 3 rings (SSSR count). The zero-order valence-electron chi connectivity index (χ0n) is 16.1. The number of carbonyl (C=O) groups excluding carboxylic acids is 1. The summed E-state index contributed by atoms with van der Waals surface area (Å²) in [5, 5.41) is 9.13. The van der Waals surface area contributed by atoms with E-state index in [-0.39, 0.29) is 0 Å². The number of benzene rings is 3. The number of halogens is 6. The molecule has 3 aromatic rings. The fourth-order valence-corrected chi connectivity index (χ4v) is 5.12. The van der Waals surface area contributed by atoms with Gasteiger partial charge in [0, 0.05) is 0 Å². The number of ether oxygens (including phenoxy) is 1. The molecule has 0 aromatic heterocycles. The average molecular weight is 474 g/mol. The first-order valence-electron chi connectivity index (χ1n) is 9.03. The monoisotopic (exact) mass is 474 g/mol. The molecule has 0 bridgehead atoms. The molecule has 0 aliphatic carbocycles. The summed E-state index contributed by atoms with van der Waals surface area (Å²) in [6.45, 7) is 0. The molecule has 0 aliphatic rings. The van der Waals surface area contributed by atoms with Gasteiger partial charge in [0.25, 0.3) is 0 Å².